The van der Waals surface area contributed by atoms with Gasteiger partial charge in [0.05, 0.1) is 16.1 Å². The van der Waals surface area contributed by atoms with E-state index in [-0.39, 0.29) is 11.7 Å². The van der Waals surface area contributed by atoms with E-state index in [1.54, 1.807) is 30.3 Å². The zero-order valence-electron chi connectivity index (χ0n) is 14.3. The molecule has 0 saturated carbocycles. The maximum absolute atomic E-state index is 12.5. The zero-order valence-corrected chi connectivity index (χ0v) is 15.9. The van der Waals surface area contributed by atoms with Crippen molar-refractivity contribution in [1.82, 2.24) is 4.90 Å². The van der Waals surface area contributed by atoms with Crippen LogP contribution in [0.25, 0.3) is 0 Å². The molecule has 25 heavy (non-hydrogen) atoms. The topological polar surface area (TPSA) is 49.4 Å². The summed E-state index contributed by atoms with van der Waals surface area (Å²) in [6, 6.07) is 11.9. The summed E-state index contributed by atoms with van der Waals surface area (Å²) in [6.07, 6.45) is 0. The normalized spacial score (nSPS) is 12.1. The number of benzene rings is 2. The van der Waals surface area contributed by atoms with Gasteiger partial charge in [0.2, 0.25) is 5.91 Å². The number of amides is 1. The van der Waals surface area contributed by atoms with E-state index >= 15 is 0 Å². The van der Waals surface area contributed by atoms with Gasteiger partial charge in [-0.2, -0.15) is 0 Å². The molecule has 0 aliphatic heterocycles. The molecule has 1 atom stereocenters. The van der Waals surface area contributed by atoms with Crippen molar-refractivity contribution >= 4 is 40.6 Å². The Morgan fingerprint density at radius 2 is 1.84 bits per heavy atom. The molecule has 0 heterocycles. The number of nitrogens with zero attached hydrogens (tertiary/aromatic N) is 1. The number of carbonyl (C=O) groups excluding carboxylic acids is 2. The van der Waals surface area contributed by atoms with E-state index in [4.69, 9.17) is 23.2 Å². The molecule has 2 aromatic carbocycles. The fraction of sp³-hybridized carbons (Fsp3) is 0.263. The molecular weight excluding hydrogens is 359 g/mol. The predicted molar refractivity (Wildman–Crippen MR) is 102 cm³/mol. The molecule has 0 bridgehead atoms. The summed E-state index contributed by atoms with van der Waals surface area (Å²) < 4.78 is 0. The molecule has 1 amide bonds. The Labute approximate surface area is 157 Å². The molecule has 0 aromatic heterocycles. The Balaban J connectivity index is 2.05. The number of halogens is 2. The van der Waals surface area contributed by atoms with Crippen molar-refractivity contribution in [2.45, 2.75) is 26.4 Å². The lowest BCUT2D eigenvalue weighted by Gasteiger charge is -2.24. The molecule has 0 radical (unpaired) electrons. The molecule has 132 valence electrons. The monoisotopic (exact) mass is 378 g/mol. The van der Waals surface area contributed by atoms with Crippen LogP contribution < -0.4 is 5.32 Å². The lowest BCUT2D eigenvalue weighted by Crippen LogP contribution is -2.39. The summed E-state index contributed by atoms with van der Waals surface area (Å²) >= 11 is 12.2. The van der Waals surface area contributed by atoms with E-state index in [0.29, 0.717) is 27.8 Å². The molecule has 0 saturated heterocycles. The standard InChI is InChI=1S/C19H20Cl2N2O2/c1-12(23(3)11-15-7-5-9-17(20)18(15)21)19(25)22-16-8-4-6-14(10-16)13(2)24/h4-10,12H,11H2,1-3H3,(H,22,25)/t12-/m0/s1. The highest BCUT2D eigenvalue weighted by Crippen LogP contribution is 2.26. The van der Waals surface area contributed by atoms with Gasteiger partial charge >= 0.3 is 0 Å². The van der Waals surface area contributed by atoms with E-state index in [1.807, 2.05) is 31.0 Å². The van der Waals surface area contributed by atoms with Gasteiger partial charge in [0.15, 0.2) is 5.78 Å². The van der Waals surface area contributed by atoms with Crippen molar-refractivity contribution in [2.75, 3.05) is 12.4 Å². The van der Waals surface area contributed by atoms with Gasteiger partial charge in [0.1, 0.15) is 0 Å². The number of hydrogen-bond donors (Lipinski definition) is 1. The number of nitrogens with one attached hydrogen (secondary N) is 1. The molecule has 4 nitrogen and oxygen atoms in total. The number of likely N-dealkylation sites (N-methyl/N-ethyl adjacent to an activating group) is 1. The van der Waals surface area contributed by atoms with Gasteiger partial charge in [0, 0.05) is 17.8 Å². The van der Waals surface area contributed by atoms with Crippen LogP contribution in [0, 0.1) is 0 Å². The smallest absolute Gasteiger partial charge is 0.241 e. The fourth-order valence-electron chi connectivity index (χ4n) is 2.34. The summed E-state index contributed by atoms with van der Waals surface area (Å²) in [6.45, 7) is 3.79. The molecule has 0 unspecified atom stereocenters. The van der Waals surface area contributed by atoms with Crippen LogP contribution in [0.4, 0.5) is 5.69 Å². The van der Waals surface area contributed by atoms with Crippen LogP contribution in [0.1, 0.15) is 29.8 Å². The maximum atomic E-state index is 12.5. The van der Waals surface area contributed by atoms with Crippen molar-refractivity contribution in [3.05, 3.63) is 63.6 Å². The van der Waals surface area contributed by atoms with Crippen molar-refractivity contribution in [3.8, 4) is 0 Å². The first-order chi connectivity index (χ1) is 11.8. The van der Waals surface area contributed by atoms with Crippen molar-refractivity contribution in [3.63, 3.8) is 0 Å². The largest absolute Gasteiger partial charge is 0.325 e. The minimum atomic E-state index is -0.393. The van der Waals surface area contributed by atoms with Crippen molar-refractivity contribution < 1.29 is 9.59 Å². The van der Waals surface area contributed by atoms with Crippen LogP contribution in [-0.2, 0) is 11.3 Å². The predicted octanol–water partition coefficient (Wildman–Crippen LogP) is 4.66. The molecule has 1 N–H and O–H groups in total. The average Bonchev–Trinajstić information content (AvgIpc) is 2.58. The molecule has 0 spiro atoms. The van der Waals surface area contributed by atoms with Gasteiger partial charge in [-0.1, -0.05) is 47.5 Å². The van der Waals surface area contributed by atoms with Gasteiger partial charge < -0.3 is 5.32 Å². The highest BCUT2D eigenvalue weighted by molar-refractivity contribution is 6.42. The van der Waals surface area contributed by atoms with Gasteiger partial charge in [0.25, 0.3) is 0 Å². The lowest BCUT2D eigenvalue weighted by atomic mass is 10.1. The number of Topliss-reactive ketones (excluding diaryl/α,β-unsaturated/α-hetero) is 1. The Kier molecular flexibility index (Phi) is 6.59. The number of anilines is 1. The average molecular weight is 379 g/mol. The first-order valence-corrected chi connectivity index (χ1v) is 8.60. The summed E-state index contributed by atoms with van der Waals surface area (Å²) in [4.78, 5) is 25.8. The zero-order chi connectivity index (χ0) is 18.6. The first kappa shape index (κ1) is 19.4. The van der Waals surface area contributed by atoms with Crippen LogP contribution in [0.2, 0.25) is 10.0 Å². The fourth-order valence-corrected chi connectivity index (χ4v) is 2.72. The van der Waals surface area contributed by atoms with E-state index in [9.17, 15) is 9.59 Å². The minimum Gasteiger partial charge on any atom is -0.325 e. The highest BCUT2D eigenvalue weighted by atomic mass is 35.5. The summed E-state index contributed by atoms with van der Waals surface area (Å²) in [5.41, 5.74) is 2.01. The Morgan fingerprint density at radius 3 is 2.52 bits per heavy atom. The van der Waals surface area contributed by atoms with E-state index in [1.165, 1.54) is 6.92 Å². The first-order valence-electron chi connectivity index (χ1n) is 7.84. The number of carbonyl (C=O) groups is 2. The molecule has 0 fully saturated rings. The molecule has 6 heteroatoms. The van der Waals surface area contributed by atoms with Gasteiger partial charge in [-0.05, 0) is 44.7 Å². The van der Waals surface area contributed by atoms with E-state index in [2.05, 4.69) is 5.32 Å². The Morgan fingerprint density at radius 1 is 1.16 bits per heavy atom. The third-order valence-corrected chi connectivity index (χ3v) is 4.89. The number of hydrogen-bond acceptors (Lipinski definition) is 3. The van der Waals surface area contributed by atoms with Crippen LogP contribution in [0.5, 0.6) is 0 Å². The second-order valence-corrected chi connectivity index (χ2v) is 6.72. The van der Waals surface area contributed by atoms with Crippen LogP contribution in [0.3, 0.4) is 0 Å². The summed E-state index contributed by atoms with van der Waals surface area (Å²) in [7, 11) is 1.84. The lowest BCUT2D eigenvalue weighted by molar-refractivity contribution is -0.120. The SMILES string of the molecule is CC(=O)c1cccc(NC(=O)[C@H](C)N(C)Cc2cccc(Cl)c2Cl)c1. The molecule has 2 aromatic rings. The van der Waals surface area contributed by atoms with E-state index in [0.717, 1.165) is 5.56 Å². The van der Waals surface area contributed by atoms with Gasteiger partial charge in [-0.3, -0.25) is 14.5 Å². The van der Waals surface area contributed by atoms with Crippen LogP contribution in [0.15, 0.2) is 42.5 Å². The third-order valence-electron chi connectivity index (χ3n) is 4.03. The minimum absolute atomic E-state index is 0.0446. The quantitative estimate of drug-likeness (QED) is 0.743. The Bertz CT molecular complexity index is 793. The molecular formula is C19H20Cl2N2O2. The van der Waals surface area contributed by atoms with Gasteiger partial charge in [-0.15, -0.1) is 0 Å². The van der Waals surface area contributed by atoms with Crippen LogP contribution >= 0.6 is 23.2 Å². The van der Waals surface area contributed by atoms with Crippen molar-refractivity contribution in [2.24, 2.45) is 0 Å². The molecule has 2 rings (SSSR count). The highest BCUT2D eigenvalue weighted by Gasteiger charge is 2.19. The van der Waals surface area contributed by atoms with E-state index < -0.39 is 6.04 Å². The maximum Gasteiger partial charge on any atom is 0.241 e. The number of rotatable bonds is 6. The summed E-state index contributed by atoms with van der Waals surface area (Å²) in [5.74, 6) is -0.210. The van der Waals surface area contributed by atoms with Crippen LogP contribution in [-0.4, -0.2) is 29.7 Å². The molecule has 0 aliphatic rings. The summed E-state index contributed by atoms with van der Waals surface area (Å²) in [5, 5.41) is 3.83. The van der Waals surface area contributed by atoms with Crippen molar-refractivity contribution in [1.29, 1.82) is 0 Å². The number of ketones is 1. The second kappa shape index (κ2) is 8.48. The Hall–Kier alpha value is -1.88. The third kappa shape index (κ3) is 5.05. The second-order valence-electron chi connectivity index (χ2n) is 5.93. The van der Waals surface area contributed by atoms with Gasteiger partial charge in [-0.25, -0.2) is 0 Å². The molecule has 0 aliphatic carbocycles.